The molecular weight excluding hydrogens is 563 g/mol. The lowest BCUT2D eigenvalue weighted by atomic mass is 9.96. The highest BCUT2D eigenvalue weighted by atomic mass is 19.4. The number of anilines is 2. The summed E-state index contributed by atoms with van der Waals surface area (Å²) in [6, 6.07) is 0.638. The van der Waals surface area contributed by atoms with Crippen molar-refractivity contribution in [3.05, 3.63) is 28.8 Å². The topological polar surface area (TPSA) is 116 Å². The lowest BCUT2D eigenvalue weighted by molar-refractivity contribution is -0.137. The van der Waals surface area contributed by atoms with Crippen molar-refractivity contribution in [3.63, 3.8) is 0 Å². The fourth-order valence-corrected chi connectivity index (χ4v) is 5.35. The summed E-state index contributed by atoms with van der Waals surface area (Å²) in [5.74, 6) is -2.35. The minimum Gasteiger partial charge on any atom is -0.474 e. The first-order chi connectivity index (χ1) is 20.0. The zero-order valence-corrected chi connectivity index (χ0v) is 23.5. The van der Waals surface area contributed by atoms with Gasteiger partial charge in [-0.1, -0.05) is 6.92 Å². The molecule has 0 radical (unpaired) electrons. The third kappa shape index (κ3) is 6.00. The largest absolute Gasteiger partial charge is 0.474 e. The van der Waals surface area contributed by atoms with E-state index >= 15 is 4.39 Å². The van der Waals surface area contributed by atoms with Gasteiger partial charge < -0.3 is 30.6 Å². The molecule has 228 valence electrons. The number of nitrogen functional groups attached to an aromatic ring is 1. The van der Waals surface area contributed by atoms with Crippen LogP contribution in [0.4, 0.5) is 33.5 Å². The minimum absolute atomic E-state index is 0.0509. The van der Waals surface area contributed by atoms with Crippen LogP contribution in [0.25, 0.3) is 22.2 Å². The average molecular weight is 597 g/mol. The number of nitrogens with zero attached hydrogens (tertiary/aromatic N) is 3. The highest BCUT2D eigenvalue weighted by Crippen LogP contribution is 2.44. The van der Waals surface area contributed by atoms with Crippen LogP contribution in [0.3, 0.4) is 0 Å². The Morgan fingerprint density at radius 3 is 2.62 bits per heavy atom. The molecule has 1 fully saturated rings. The summed E-state index contributed by atoms with van der Waals surface area (Å²) in [6.45, 7) is 6.98. The highest BCUT2D eigenvalue weighted by molar-refractivity contribution is 5.96. The zero-order valence-electron chi connectivity index (χ0n) is 23.5. The summed E-state index contributed by atoms with van der Waals surface area (Å²) in [4.78, 5) is 13.0. The molecule has 1 saturated heterocycles. The number of nitrogens with two attached hydrogens (primary N) is 1. The van der Waals surface area contributed by atoms with Crippen molar-refractivity contribution in [1.82, 2.24) is 20.3 Å². The Labute approximate surface area is 239 Å². The van der Waals surface area contributed by atoms with Crippen LogP contribution >= 0.6 is 0 Å². The van der Waals surface area contributed by atoms with E-state index in [1.165, 1.54) is 0 Å². The van der Waals surface area contributed by atoms with E-state index in [4.69, 9.17) is 19.9 Å². The number of aromatic nitrogens is 3. The fourth-order valence-electron chi connectivity index (χ4n) is 5.35. The summed E-state index contributed by atoms with van der Waals surface area (Å²) < 4.78 is 91.1. The van der Waals surface area contributed by atoms with Crippen molar-refractivity contribution in [1.29, 1.82) is 0 Å². The van der Waals surface area contributed by atoms with E-state index in [1.54, 1.807) is 6.92 Å². The molecular formula is C28H33F5N6O3. The molecule has 4 N–H and O–H groups in total. The second-order valence-corrected chi connectivity index (χ2v) is 10.7. The van der Waals surface area contributed by atoms with Crippen LogP contribution in [-0.4, -0.2) is 60.0 Å². The van der Waals surface area contributed by atoms with Gasteiger partial charge in [-0.3, -0.25) is 0 Å². The van der Waals surface area contributed by atoms with Crippen LogP contribution in [0.1, 0.15) is 44.2 Å². The van der Waals surface area contributed by atoms with Gasteiger partial charge in [-0.25, -0.2) is 13.8 Å². The van der Waals surface area contributed by atoms with Crippen molar-refractivity contribution in [2.24, 2.45) is 5.92 Å². The predicted molar refractivity (Wildman–Crippen MR) is 147 cm³/mol. The molecule has 1 aromatic carbocycles. The number of hydrogen-bond donors (Lipinski definition) is 3. The molecule has 4 heterocycles. The van der Waals surface area contributed by atoms with Crippen LogP contribution in [0.15, 0.2) is 6.07 Å². The Balaban J connectivity index is 1.75. The maximum Gasteiger partial charge on any atom is 0.417 e. The molecule has 1 unspecified atom stereocenters. The van der Waals surface area contributed by atoms with E-state index in [2.05, 4.69) is 25.6 Å². The maximum absolute atomic E-state index is 16.4. The lowest BCUT2D eigenvalue weighted by Crippen LogP contribution is -2.35. The Morgan fingerprint density at radius 2 is 1.93 bits per heavy atom. The molecule has 0 saturated carbocycles. The quantitative estimate of drug-likeness (QED) is 0.268. The number of nitrogens with one attached hydrogen (secondary N) is 2. The number of pyridine rings is 1. The molecule has 3 aromatic rings. The van der Waals surface area contributed by atoms with E-state index < -0.39 is 52.0 Å². The first-order valence-electron chi connectivity index (χ1n) is 13.9. The molecule has 0 aliphatic carbocycles. The monoisotopic (exact) mass is 596 g/mol. The van der Waals surface area contributed by atoms with Gasteiger partial charge in [-0.15, -0.1) is 0 Å². The van der Waals surface area contributed by atoms with E-state index in [0.29, 0.717) is 32.7 Å². The minimum atomic E-state index is -5.04. The molecule has 2 aliphatic rings. The van der Waals surface area contributed by atoms with Crippen molar-refractivity contribution in [3.8, 4) is 23.1 Å². The van der Waals surface area contributed by atoms with Crippen molar-refractivity contribution >= 4 is 22.4 Å². The first kappa shape index (κ1) is 30.0. The van der Waals surface area contributed by atoms with Gasteiger partial charge in [-0.2, -0.15) is 23.1 Å². The molecule has 14 heteroatoms. The Hall–Kier alpha value is -3.52. The van der Waals surface area contributed by atoms with Crippen LogP contribution in [0.2, 0.25) is 0 Å². The van der Waals surface area contributed by atoms with Gasteiger partial charge in [0.25, 0.3) is 0 Å². The molecule has 2 aromatic heterocycles. The van der Waals surface area contributed by atoms with Gasteiger partial charge in [-0.05, 0) is 44.7 Å². The second-order valence-electron chi connectivity index (χ2n) is 10.7. The van der Waals surface area contributed by atoms with E-state index in [0.717, 1.165) is 25.8 Å². The third-order valence-corrected chi connectivity index (χ3v) is 7.54. The summed E-state index contributed by atoms with van der Waals surface area (Å²) >= 11 is 0. The van der Waals surface area contributed by atoms with E-state index in [9.17, 15) is 17.6 Å². The second kappa shape index (κ2) is 12.0. The van der Waals surface area contributed by atoms with Crippen molar-refractivity contribution in [2.75, 3.05) is 44.0 Å². The molecule has 0 bridgehead atoms. The number of benzene rings is 1. The standard InChI is InChI=1S/C28H33F5N6O3/c1-4-16-9-13(2)42-26-19-24(38-27(39-25(19)36-7-6-35-16)41-12-15-5-8-40-11-15)22(30)23(37-26)17-10-18(34)21(29)14(3)20(17)28(31,32)33/h10,13,15-16,35H,4-9,11-12,34H2,1-3H3,(H,36,38,39)/t13-,15+,16?/m0/s1. The number of ether oxygens (including phenoxy) is 3. The summed E-state index contributed by atoms with van der Waals surface area (Å²) in [5, 5.41) is 6.62. The SMILES string of the molecule is CCC1C[C@H](C)Oc2nc(-c3cc(N)c(F)c(C)c3C(F)(F)F)c(F)c3nc(OC[C@@H]4CCOC4)nc(c23)NCCN1. The highest BCUT2D eigenvalue weighted by Gasteiger charge is 2.39. The number of hydrogen-bond acceptors (Lipinski definition) is 9. The molecule has 5 rings (SSSR count). The van der Waals surface area contributed by atoms with Crippen molar-refractivity contribution < 1.29 is 36.2 Å². The average Bonchev–Trinajstić information content (AvgIpc) is 3.45. The third-order valence-electron chi connectivity index (χ3n) is 7.54. The van der Waals surface area contributed by atoms with Gasteiger partial charge >= 0.3 is 12.2 Å². The van der Waals surface area contributed by atoms with E-state index in [-0.39, 0.29) is 47.2 Å². The number of halogens is 5. The molecule has 42 heavy (non-hydrogen) atoms. The van der Waals surface area contributed by atoms with Crippen LogP contribution in [0.5, 0.6) is 11.9 Å². The molecule has 0 amide bonds. The van der Waals surface area contributed by atoms with Crippen molar-refractivity contribution in [2.45, 2.75) is 58.4 Å². The predicted octanol–water partition coefficient (Wildman–Crippen LogP) is 5.25. The molecule has 9 nitrogen and oxygen atoms in total. The first-order valence-corrected chi connectivity index (χ1v) is 13.9. The molecule has 0 spiro atoms. The molecule has 2 aliphatic heterocycles. The van der Waals surface area contributed by atoms with Gasteiger partial charge in [0.15, 0.2) is 5.82 Å². The lowest BCUT2D eigenvalue weighted by Gasteiger charge is -2.22. The van der Waals surface area contributed by atoms with Crippen LogP contribution in [0, 0.1) is 24.5 Å². The zero-order chi connectivity index (χ0) is 30.2. The number of alkyl halides is 3. The summed E-state index contributed by atoms with van der Waals surface area (Å²) in [5.41, 5.74) is 1.16. The normalized spacial score (nSPS) is 21.5. The van der Waals surface area contributed by atoms with E-state index in [1.807, 2.05) is 6.92 Å². The van der Waals surface area contributed by atoms with Crippen LogP contribution < -0.4 is 25.8 Å². The Bertz CT molecular complexity index is 1460. The molecule has 3 atom stereocenters. The van der Waals surface area contributed by atoms with Crippen LogP contribution in [-0.2, 0) is 10.9 Å². The smallest absolute Gasteiger partial charge is 0.417 e. The van der Waals surface area contributed by atoms with Gasteiger partial charge in [0, 0.05) is 37.2 Å². The van der Waals surface area contributed by atoms with Gasteiger partial charge in [0.1, 0.15) is 28.2 Å². The summed E-state index contributed by atoms with van der Waals surface area (Å²) in [6.07, 6.45) is -3.40. The maximum atomic E-state index is 16.4. The Morgan fingerprint density at radius 1 is 1.14 bits per heavy atom. The van der Waals surface area contributed by atoms with Gasteiger partial charge in [0.2, 0.25) is 5.88 Å². The number of rotatable bonds is 5. The van der Waals surface area contributed by atoms with Gasteiger partial charge in [0.05, 0.1) is 30.6 Å². The fraction of sp³-hybridized carbons (Fsp3) is 0.536. The summed E-state index contributed by atoms with van der Waals surface area (Å²) in [7, 11) is 0. The Kier molecular flexibility index (Phi) is 8.56.